The highest BCUT2D eigenvalue weighted by molar-refractivity contribution is 5.32. The summed E-state index contributed by atoms with van der Waals surface area (Å²) < 4.78 is 9.72. The minimum atomic E-state index is -0.00620. The predicted octanol–water partition coefficient (Wildman–Crippen LogP) is 1.31. The Hall–Kier alpha value is -1.47. The molecule has 1 N–H and O–H groups in total. The van der Waals surface area contributed by atoms with E-state index in [9.17, 15) is 0 Å². The van der Waals surface area contributed by atoms with Gasteiger partial charge in [0.2, 0.25) is 5.76 Å². The Kier molecular flexibility index (Phi) is 2.14. The normalized spacial score (nSPS) is 15.6. The van der Waals surface area contributed by atoms with Crippen molar-refractivity contribution < 1.29 is 14.6 Å². The molecule has 0 fully saturated rings. The van der Waals surface area contributed by atoms with Gasteiger partial charge in [0.1, 0.15) is 6.08 Å². The Balaban J connectivity index is 2.90. The zero-order chi connectivity index (χ0) is 8.27. The number of hydrogen-bond acceptors (Lipinski definition) is 3. The van der Waals surface area contributed by atoms with Gasteiger partial charge < -0.3 is 14.6 Å². The van der Waals surface area contributed by atoms with Gasteiger partial charge in [0.25, 0.3) is 5.76 Å². The lowest BCUT2D eigenvalue weighted by Crippen LogP contribution is -1.97. The van der Waals surface area contributed by atoms with Gasteiger partial charge in [-0.25, -0.2) is 0 Å². The van der Waals surface area contributed by atoms with Crippen LogP contribution in [0.1, 0.15) is 0 Å². The molecule has 0 aromatic carbocycles. The first kappa shape index (κ1) is 7.63. The van der Waals surface area contributed by atoms with Crippen molar-refractivity contribution in [2.75, 3.05) is 14.2 Å². The molecule has 0 atom stereocenters. The SMILES string of the molecule is COC1=CC(OC)=C(O)[C+]=C1. The monoisotopic (exact) mass is 153 g/mol. The molecule has 11 heavy (non-hydrogen) atoms. The summed E-state index contributed by atoms with van der Waals surface area (Å²) in [5.41, 5.74) is 0. The fraction of sp³-hybridized carbons (Fsp3) is 0.250. The third kappa shape index (κ3) is 1.51. The topological polar surface area (TPSA) is 38.7 Å². The van der Waals surface area contributed by atoms with Gasteiger partial charge in [-0.1, -0.05) is 0 Å². The summed E-state index contributed by atoms with van der Waals surface area (Å²) in [4.78, 5) is 0. The molecular weight excluding hydrogens is 144 g/mol. The Morgan fingerprint density at radius 1 is 1.36 bits per heavy atom. The van der Waals surface area contributed by atoms with Gasteiger partial charge in [-0.2, -0.15) is 0 Å². The fourth-order valence-electron chi connectivity index (χ4n) is 0.723. The lowest BCUT2D eigenvalue weighted by Gasteiger charge is -1.98. The lowest BCUT2D eigenvalue weighted by molar-refractivity contribution is 0.258. The predicted molar refractivity (Wildman–Crippen MR) is 39.6 cm³/mol. The molecule has 1 aliphatic rings. The van der Waals surface area contributed by atoms with Gasteiger partial charge >= 0.3 is 5.76 Å². The van der Waals surface area contributed by atoms with Crippen LogP contribution < -0.4 is 0 Å². The molecule has 3 heteroatoms. The molecule has 0 saturated heterocycles. The third-order valence-electron chi connectivity index (χ3n) is 1.31. The number of allylic oxidation sites excluding steroid dienone is 3. The van der Waals surface area contributed by atoms with Crippen molar-refractivity contribution in [2.45, 2.75) is 0 Å². The van der Waals surface area contributed by atoms with Crippen LogP contribution >= 0.6 is 0 Å². The van der Waals surface area contributed by atoms with Crippen molar-refractivity contribution in [1.82, 2.24) is 0 Å². The quantitative estimate of drug-likeness (QED) is 0.608. The van der Waals surface area contributed by atoms with Crippen LogP contribution in [0.25, 0.3) is 0 Å². The molecule has 0 radical (unpaired) electrons. The highest BCUT2D eigenvalue weighted by atomic mass is 16.5. The van der Waals surface area contributed by atoms with E-state index in [2.05, 4.69) is 6.08 Å². The van der Waals surface area contributed by atoms with Crippen LogP contribution in [-0.4, -0.2) is 19.3 Å². The minimum absolute atomic E-state index is 0.00620. The average molecular weight is 153 g/mol. The van der Waals surface area contributed by atoms with Crippen molar-refractivity contribution in [3.05, 3.63) is 35.5 Å². The van der Waals surface area contributed by atoms with E-state index in [0.29, 0.717) is 11.5 Å². The maximum atomic E-state index is 9.09. The summed E-state index contributed by atoms with van der Waals surface area (Å²) in [6, 6.07) is 0. The Morgan fingerprint density at radius 3 is 2.64 bits per heavy atom. The summed E-state index contributed by atoms with van der Waals surface area (Å²) >= 11 is 0. The van der Waals surface area contributed by atoms with Crippen LogP contribution in [0.4, 0.5) is 0 Å². The summed E-state index contributed by atoms with van der Waals surface area (Å²) in [7, 11) is 3.02. The second-order valence-electron chi connectivity index (χ2n) is 1.96. The molecule has 0 spiro atoms. The first-order chi connectivity index (χ1) is 5.27. The molecule has 0 saturated carbocycles. The van der Waals surface area contributed by atoms with Gasteiger partial charge in [0, 0.05) is 0 Å². The summed E-state index contributed by atoms with van der Waals surface area (Å²) in [6.45, 7) is 0. The second kappa shape index (κ2) is 3.08. The summed E-state index contributed by atoms with van der Waals surface area (Å²) in [6.07, 6.45) is 5.70. The Bertz CT molecular complexity index is 236. The molecule has 0 aromatic rings. The Morgan fingerprint density at radius 2 is 2.09 bits per heavy atom. The van der Waals surface area contributed by atoms with Crippen molar-refractivity contribution in [2.24, 2.45) is 0 Å². The van der Waals surface area contributed by atoms with Crippen LogP contribution in [0.3, 0.4) is 0 Å². The first-order valence-electron chi connectivity index (χ1n) is 3.10. The fourth-order valence-corrected chi connectivity index (χ4v) is 0.723. The second-order valence-corrected chi connectivity index (χ2v) is 1.96. The summed E-state index contributed by atoms with van der Waals surface area (Å²) in [5.74, 6) is 0.970. The molecule has 0 amide bonds. The van der Waals surface area contributed by atoms with Crippen LogP contribution in [0.2, 0.25) is 0 Å². The van der Waals surface area contributed by atoms with Gasteiger partial charge in [-0.05, 0) is 0 Å². The molecule has 0 aliphatic heterocycles. The van der Waals surface area contributed by atoms with Gasteiger partial charge in [0.15, 0.2) is 6.08 Å². The number of aliphatic hydroxyl groups is 1. The molecule has 0 bridgehead atoms. The van der Waals surface area contributed by atoms with E-state index in [-0.39, 0.29) is 5.76 Å². The van der Waals surface area contributed by atoms with E-state index < -0.39 is 0 Å². The lowest BCUT2D eigenvalue weighted by atomic mass is 10.2. The third-order valence-corrected chi connectivity index (χ3v) is 1.31. The highest BCUT2D eigenvalue weighted by Crippen LogP contribution is 2.15. The van der Waals surface area contributed by atoms with Crippen LogP contribution in [0.15, 0.2) is 29.4 Å². The highest BCUT2D eigenvalue weighted by Gasteiger charge is 2.18. The molecule has 0 heterocycles. The van der Waals surface area contributed by atoms with E-state index >= 15 is 0 Å². The van der Waals surface area contributed by atoms with E-state index in [4.69, 9.17) is 14.6 Å². The molecule has 0 aromatic heterocycles. The van der Waals surface area contributed by atoms with Crippen LogP contribution in [0.5, 0.6) is 0 Å². The molecule has 1 rings (SSSR count). The number of ether oxygens (including phenoxy) is 2. The van der Waals surface area contributed by atoms with Crippen molar-refractivity contribution in [3.8, 4) is 0 Å². The zero-order valence-corrected chi connectivity index (χ0v) is 6.42. The van der Waals surface area contributed by atoms with Gasteiger partial charge in [-0.15, -0.1) is 0 Å². The summed E-state index contributed by atoms with van der Waals surface area (Å²) in [5, 5.41) is 9.09. The maximum Gasteiger partial charge on any atom is 0.331 e. The van der Waals surface area contributed by atoms with Gasteiger partial charge in [0.05, 0.1) is 20.3 Å². The molecular formula is C8H9O3+. The zero-order valence-electron chi connectivity index (χ0n) is 6.42. The number of rotatable bonds is 2. The smallest absolute Gasteiger partial charge is 0.331 e. The maximum absolute atomic E-state index is 9.09. The van der Waals surface area contributed by atoms with Crippen LogP contribution in [0, 0.1) is 6.08 Å². The first-order valence-corrected chi connectivity index (χ1v) is 3.10. The molecule has 1 aliphatic carbocycles. The average Bonchev–Trinajstić information content (AvgIpc) is 2.05. The number of hydrogen-bond donors (Lipinski definition) is 1. The van der Waals surface area contributed by atoms with Crippen molar-refractivity contribution >= 4 is 0 Å². The van der Waals surface area contributed by atoms with Gasteiger partial charge in [-0.3, -0.25) is 0 Å². The standard InChI is InChI=1S/C8H8O3/c1-10-6-3-4-7(9)8(5-6)11-2/h3,5H,1-2H3/p+1. The van der Waals surface area contributed by atoms with Crippen molar-refractivity contribution in [1.29, 1.82) is 0 Å². The van der Waals surface area contributed by atoms with E-state index in [1.165, 1.54) is 13.2 Å². The Labute approximate surface area is 65.2 Å². The largest absolute Gasteiger partial charge is 0.478 e. The number of methoxy groups -OCH3 is 2. The van der Waals surface area contributed by atoms with Crippen LogP contribution in [-0.2, 0) is 9.47 Å². The molecule has 58 valence electrons. The van der Waals surface area contributed by atoms with E-state index in [0.717, 1.165) is 0 Å². The minimum Gasteiger partial charge on any atom is -0.478 e. The van der Waals surface area contributed by atoms with E-state index in [1.807, 2.05) is 0 Å². The molecule has 0 unspecified atom stereocenters. The van der Waals surface area contributed by atoms with Crippen molar-refractivity contribution in [3.63, 3.8) is 0 Å². The van der Waals surface area contributed by atoms with E-state index in [1.54, 1.807) is 13.2 Å². The molecule has 3 nitrogen and oxygen atoms in total. The number of aliphatic hydroxyl groups excluding tert-OH is 1.